The number of hydrogen-bond donors (Lipinski definition) is 0. The van der Waals surface area contributed by atoms with Crippen LogP contribution in [0.25, 0.3) is 6.08 Å². The minimum Gasteiger partial charge on any atom is -0.478 e. The summed E-state index contributed by atoms with van der Waals surface area (Å²) in [6.45, 7) is 6.00. The zero-order valence-corrected chi connectivity index (χ0v) is 18.6. The number of hydrogen-bond acceptors (Lipinski definition) is 7. The fourth-order valence-corrected chi connectivity index (χ4v) is 5.17. The number of rotatable bonds is 3. The Morgan fingerprint density at radius 3 is 2.75 bits per heavy atom. The molecule has 0 saturated carbocycles. The van der Waals surface area contributed by atoms with Crippen molar-refractivity contribution in [2.24, 2.45) is 0 Å². The summed E-state index contributed by atoms with van der Waals surface area (Å²) < 4.78 is 23.1. The Morgan fingerprint density at radius 1 is 1.03 bits per heavy atom. The zero-order chi connectivity index (χ0) is 21.8. The van der Waals surface area contributed by atoms with E-state index in [2.05, 4.69) is 4.90 Å². The van der Waals surface area contributed by atoms with Crippen molar-refractivity contribution in [1.82, 2.24) is 4.90 Å². The fraction of sp³-hybridized carbons (Fsp3) is 0.240. The summed E-state index contributed by atoms with van der Waals surface area (Å²) in [6, 6.07) is 9.96. The third-order valence-corrected chi connectivity index (χ3v) is 6.96. The van der Waals surface area contributed by atoms with E-state index in [-0.39, 0.29) is 12.6 Å². The summed E-state index contributed by atoms with van der Waals surface area (Å²) in [7, 11) is 0. The molecule has 3 aromatic rings. The molecule has 7 heteroatoms. The smallest absolute Gasteiger partial charge is 0.232 e. The van der Waals surface area contributed by atoms with Gasteiger partial charge in [-0.3, -0.25) is 9.69 Å². The molecular formula is C25H21NO5S. The van der Waals surface area contributed by atoms with Crippen LogP contribution < -0.4 is 18.9 Å². The highest BCUT2D eigenvalue weighted by Crippen LogP contribution is 2.44. The van der Waals surface area contributed by atoms with E-state index in [0.717, 1.165) is 44.4 Å². The molecule has 0 spiro atoms. The third kappa shape index (κ3) is 3.16. The van der Waals surface area contributed by atoms with Crippen LogP contribution in [0, 0.1) is 13.8 Å². The minimum atomic E-state index is -0.0685. The molecule has 1 aromatic heterocycles. The molecule has 6 rings (SSSR count). The van der Waals surface area contributed by atoms with E-state index >= 15 is 0 Å². The highest BCUT2D eigenvalue weighted by Gasteiger charge is 2.35. The number of thiophene rings is 1. The molecule has 6 nitrogen and oxygen atoms in total. The van der Waals surface area contributed by atoms with E-state index in [4.69, 9.17) is 18.9 Å². The van der Waals surface area contributed by atoms with Crippen molar-refractivity contribution in [2.75, 3.05) is 13.5 Å². The van der Waals surface area contributed by atoms with Gasteiger partial charge in [-0.05, 0) is 60.2 Å². The molecule has 3 aliphatic rings. The predicted octanol–water partition coefficient (Wildman–Crippen LogP) is 5.06. The Balaban J connectivity index is 1.30. The first-order valence-electron chi connectivity index (χ1n) is 10.5. The van der Waals surface area contributed by atoms with Crippen molar-refractivity contribution in [3.63, 3.8) is 0 Å². The molecule has 0 unspecified atom stereocenters. The molecule has 0 bridgehead atoms. The summed E-state index contributed by atoms with van der Waals surface area (Å²) in [6.07, 6.45) is 1.85. The summed E-state index contributed by atoms with van der Waals surface area (Å²) >= 11 is 1.60. The van der Waals surface area contributed by atoms with Gasteiger partial charge in [0.15, 0.2) is 17.3 Å². The van der Waals surface area contributed by atoms with Crippen LogP contribution in [0.15, 0.2) is 41.5 Å². The van der Waals surface area contributed by atoms with Crippen molar-refractivity contribution in [3.8, 4) is 23.0 Å². The normalized spacial score (nSPS) is 17.8. The number of ketones is 1. The number of carbonyl (C=O) groups excluding carboxylic acids is 1. The Morgan fingerprint density at radius 2 is 1.91 bits per heavy atom. The Hall–Kier alpha value is -3.29. The van der Waals surface area contributed by atoms with Gasteiger partial charge in [-0.2, -0.15) is 0 Å². The molecule has 2 aromatic carbocycles. The number of Topliss-reactive ketones (excluding diaryl/α,β-unsaturated/α-hetero) is 1. The van der Waals surface area contributed by atoms with Gasteiger partial charge < -0.3 is 18.9 Å². The molecule has 0 N–H and O–H groups in total. The summed E-state index contributed by atoms with van der Waals surface area (Å²) in [5, 5.41) is 2.02. The van der Waals surface area contributed by atoms with Gasteiger partial charge in [0.1, 0.15) is 18.2 Å². The molecule has 32 heavy (non-hydrogen) atoms. The summed E-state index contributed by atoms with van der Waals surface area (Å²) in [4.78, 5) is 16.4. The van der Waals surface area contributed by atoms with Crippen LogP contribution in [0.2, 0.25) is 0 Å². The molecule has 3 aliphatic heterocycles. The van der Waals surface area contributed by atoms with Crippen molar-refractivity contribution >= 4 is 23.2 Å². The lowest BCUT2D eigenvalue weighted by atomic mass is 9.98. The number of allylic oxidation sites excluding steroid dienone is 1. The molecule has 0 fully saturated rings. The van der Waals surface area contributed by atoms with E-state index in [1.807, 2.05) is 55.6 Å². The van der Waals surface area contributed by atoms with Gasteiger partial charge in [-0.1, -0.05) is 6.07 Å². The molecule has 0 amide bonds. The van der Waals surface area contributed by atoms with E-state index in [1.54, 1.807) is 11.3 Å². The fourth-order valence-electron chi connectivity index (χ4n) is 4.33. The molecule has 0 saturated heterocycles. The number of carbonyl (C=O) groups is 1. The monoisotopic (exact) mass is 447 g/mol. The van der Waals surface area contributed by atoms with Crippen LogP contribution in [0.1, 0.15) is 37.5 Å². The SMILES string of the molecule is Cc1ccsc1/C=C1\Oc2c3c(cc(C)c2C1=O)OCN(Cc1ccc2c(c1)OCO2)C3. The second-order valence-corrected chi connectivity index (χ2v) is 9.18. The van der Waals surface area contributed by atoms with Gasteiger partial charge in [0.25, 0.3) is 0 Å². The van der Waals surface area contributed by atoms with Gasteiger partial charge >= 0.3 is 0 Å². The molecule has 0 radical (unpaired) electrons. The molecule has 4 heterocycles. The highest BCUT2D eigenvalue weighted by molar-refractivity contribution is 7.11. The van der Waals surface area contributed by atoms with E-state index in [0.29, 0.717) is 36.9 Å². The Kier molecular flexibility index (Phi) is 4.48. The lowest BCUT2D eigenvalue weighted by molar-refractivity contribution is 0.0871. The van der Waals surface area contributed by atoms with E-state index in [1.165, 1.54) is 0 Å². The van der Waals surface area contributed by atoms with Crippen molar-refractivity contribution in [2.45, 2.75) is 26.9 Å². The minimum absolute atomic E-state index is 0.0685. The zero-order valence-electron chi connectivity index (χ0n) is 17.8. The maximum Gasteiger partial charge on any atom is 0.232 e. The Labute approximate surface area is 189 Å². The Bertz CT molecular complexity index is 1290. The van der Waals surface area contributed by atoms with Crippen LogP contribution in [-0.4, -0.2) is 24.2 Å². The van der Waals surface area contributed by atoms with E-state index < -0.39 is 0 Å². The van der Waals surface area contributed by atoms with Crippen molar-refractivity contribution in [1.29, 1.82) is 0 Å². The first-order chi connectivity index (χ1) is 15.6. The van der Waals surface area contributed by atoms with Crippen LogP contribution in [0.5, 0.6) is 23.0 Å². The highest BCUT2D eigenvalue weighted by atomic mass is 32.1. The maximum absolute atomic E-state index is 13.2. The summed E-state index contributed by atoms with van der Waals surface area (Å²) in [5.41, 5.74) is 4.66. The maximum atomic E-state index is 13.2. The number of ether oxygens (including phenoxy) is 4. The van der Waals surface area contributed by atoms with Crippen LogP contribution in [0.4, 0.5) is 0 Å². The topological polar surface area (TPSA) is 57.2 Å². The standard InChI is InChI=1S/C25H21NO5S/c1-14-5-6-32-22(14)9-21-24(27)23-15(2)7-19-17(25(23)31-21)11-26(12-28-19)10-16-3-4-18-20(8-16)30-13-29-18/h3-9H,10-13H2,1-2H3/b21-9-. The largest absolute Gasteiger partial charge is 0.478 e. The first-order valence-corrected chi connectivity index (χ1v) is 11.3. The van der Waals surface area contributed by atoms with Crippen LogP contribution in [-0.2, 0) is 13.1 Å². The second kappa shape index (κ2) is 7.39. The molecule has 0 atom stereocenters. The number of fused-ring (bicyclic) bond motifs is 4. The quantitative estimate of drug-likeness (QED) is 0.523. The first kappa shape index (κ1) is 19.4. The van der Waals surface area contributed by atoms with Crippen LogP contribution >= 0.6 is 11.3 Å². The van der Waals surface area contributed by atoms with Gasteiger partial charge in [0.2, 0.25) is 12.6 Å². The number of nitrogens with zero attached hydrogens (tertiary/aromatic N) is 1. The lowest BCUT2D eigenvalue weighted by Crippen LogP contribution is -2.31. The summed E-state index contributed by atoms with van der Waals surface area (Å²) in [5.74, 6) is 3.25. The van der Waals surface area contributed by atoms with E-state index in [9.17, 15) is 4.79 Å². The van der Waals surface area contributed by atoms with Gasteiger partial charge in [0, 0.05) is 24.0 Å². The van der Waals surface area contributed by atoms with Gasteiger partial charge in [-0.25, -0.2) is 0 Å². The predicted molar refractivity (Wildman–Crippen MR) is 120 cm³/mol. The second-order valence-electron chi connectivity index (χ2n) is 8.23. The average Bonchev–Trinajstić information content (AvgIpc) is 3.49. The number of benzene rings is 2. The molecule has 0 aliphatic carbocycles. The number of aryl methyl sites for hydroxylation is 2. The third-order valence-electron chi connectivity index (χ3n) is 5.99. The van der Waals surface area contributed by atoms with Crippen LogP contribution in [0.3, 0.4) is 0 Å². The average molecular weight is 448 g/mol. The van der Waals surface area contributed by atoms with Crippen molar-refractivity contribution < 1.29 is 23.7 Å². The van der Waals surface area contributed by atoms with Crippen molar-refractivity contribution in [3.05, 3.63) is 74.2 Å². The van der Waals surface area contributed by atoms with Gasteiger partial charge in [0.05, 0.1) is 11.1 Å². The molecule has 162 valence electrons. The molecular weight excluding hydrogens is 426 g/mol. The van der Waals surface area contributed by atoms with Gasteiger partial charge in [-0.15, -0.1) is 11.3 Å². The lowest BCUT2D eigenvalue weighted by Gasteiger charge is -2.30.